The smallest absolute Gasteiger partial charge is 0.151 e. The SMILES string of the molecule is NCCc1c(N)nn(-c2cccc(F)c2)c1N. The molecule has 0 fully saturated rings. The topological polar surface area (TPSA) is 95.9 Å². The van der Waals surface area contributed by atoms with Crippen LogP contribution in [0.3, 0.4) is 0 Å². The summed E-state index contributed by atoms with van der Waals surface area (Å²) >= 11 is 0. The maximum atomic E-state index is 13.1. The van der Waals surface area contributed by atoms with Crippen LogP contribution < -0.4 is 17.2 Å². The molecule has 0 aliphatic carbocycles. The van der Waals surface area contributed by atoms with E-state index in [4.69, 9.17) is 17.2 Å². The summed E-state index contributed by atoms with van der Waals surface area (Å²) in [6.07, 6.45) is 0.549. The zero-order chi connectivity index (χ0) is 12.4. The summed E-state index contributed by atoms with van der Waals surface area (Å²) < 4.78 is 14.5. The van der Waals surface area contributed by atoms with Gasteiger partial charge in [0.2, 0.25) is 0 Å². The van der Waals surface area contributed by atoms with Crippen LogP contribution >= 0.6 is 0 Å². The molecule has 0 unspecified atom stereocenters. The van der Waals surface area contributed by atoms with Crippen molar-refractivity contribution < 1.29 is 4.39 Å². The molecule has 1 aromatic heterocycles. The van der Waals surface area contributed by atoms with Crippen LogP contribution in [0, 0.1) is 5.82 Å². The molecule has 0 amide bonds. The standard InChI is InChI=1S/C11H14FN5/c12-7-2-1-3-8(6-7)17-11(15)9(4-5-13)10(14)16-17/h1-3,6H,4-5,13,15H2,(H2,14,16). The van der Waals surface area contributed by atoms with Crippen molar-refractivity contribution in [3.63, 3.8) is 0 Å². The first-order valence-electron chi connectivity index (χ1n) is 5.22. The van der Waals surface area contributed by atoms with E-state index in [1.165, 1.54) is 16.8 Å². The summed E-state index contributed by atoms with van der Waals surface area (Å²) in [7, 11) is 0. The third-order valence-corrected chi connectivity index (χ3v) is 2.50. The Balaban J connectivity index is 2.50. The van der Waals surface area contributed by atoms with Crippen LogP contribution in [0.25, 0.3) is 5.69 Å². The van der Waals surface area contributed by atoms with Crippen molar-refractivity contribution in [2.45, 2.75) is 6.42 Å². The number of hydrogen-bond acceptors (Lipinski definition) is 4. The molecule has 6 heteroatoms. The molecule has 2 rings (SSSR count). The third-order valence-electron chi connectivity index (χ3n) is 2.50. The van der Waals surface area contributed by atoms with Crippen LogP contribution in [0.5, 0.6) is 0 Å². The number of benzene rings is 1. The van der Waals surface area contributed by atoms with Crippen molar-refractivity contribution in [3.8, 4) is 5.69 Å². The molecule has 0 bridgehead atoms. The number of nitrogen functional groups attached to an aromatic ring is 2. The summed E-state index contributed by atoms with van der Waals surface area (Å²) in [5.41, 5.74) is 18.4. The number of aromatic nitrogens is 2. The van der Waals surface area contributed by atoms with E-state index in [0.717, 1.165) is 0 Å². The Kier molecular flexibility index (Phi) is 2.97. The molecule has 0 atom stereocenters. The van der Waals surface area contributed by atoms with Crippen LogP contribution in [-0.2, 0) is 6.42 Å². The Morgan fingerprint density at radius 2 is 2.06 bits per heavy atom. The molecular formula is C11H14FN5. The minimum absolute atomic E-state index is 0.331. The highest BCUT2D eigenvalue weighted by Crippen LogP contribution is 2.23. The van der Waals surface area contributed by atoms with Crippen LogP contribution in [0.2, 0.25) is 0 Å². The van der Waals surface area contributed by atoms with Crippen molar-refractivity contribution in [3.05, 3.63) is 35.6 Å². The minimum atomic E-state index is -0.351. The molecule has 5 nitrogen and oxygen atoms in total. The van der Waals surface area contributed by atoms with E-state index in [9.17, 15) is 4.39 Å². The zero-order valence-corrected chi connectivity index (χ0v) is 9.23. The maximum Gasteiger partial charge on any atom is 0.151 e. The van der Waals surface area contributed by atoms with Gasteiger partial charge in [-0.1, -0.05) is 6.07 Å². The molecule has 0 radical (unpaired) electrons. The molecule has 0 aliphatic heterocycles. The van der Waals surface area contributed by atoms with E-state index in [2.05, 4.69) is 5.10 Å². The monoisotopic (exact) mass is 235 g/mol. The van der Waals surface area contributed by atoms with E-state index in [1.54, 1.807) is 12.1 Å². The highest BCUT2D eigenvalue weighted by molar-refractivity contribution is 5.58. The number of anilines is 2. The van der Waals surface area contributed by atoms with Gasteiger partial charge in [-0.3, -0.25) is 0 Å². The fourth-order valence-electron chi connectivity index (χ4n) is 1.69. The molecule has 0 spiro atoms. The molecule has 90 valence electrons. The summed E-state index contributed by atoms with van der Waals surface area (Å²) in [5, 5.41) is 4.09. The lowest BCUT2D eigenvalue weighted by Crippen LogP contribution is -2.07. The Labute approximate surface area is 98.0 Å². The van der Waals surface area contributed by atoms with Gasteiger partial charge in [0.25, 0.3) is 0 Å². The van der Waals surface area contributed by atoms with Gasteiger partial charge in [-0.25, -0.2) is 9.07 Å². The Hall–Kier alpha value is -2.08. The van der Waals surface area contributed by atoms with Gasteiger partial charge in [-0.15, -0.1) is 5.10 Å². The molecule has 2 aromatic rings. The van der Waals surface area contributed by atoms with E-state index >= 15 is 0 Å². The molecule has 17 heavy (non-hydrogen) atoms. The van der Waals surface area contributed by atoms with Gasteiger partial charge in [0, 0.05) is 5.56 Å². The fraction of sp³-hybridized carbons (Fsp3) is 0.182. The number of nitrogens with zero attached hydrogens (tertiary/aromatic N) is 2. The Morgan fingerprint density at radius 1 is 1.29 bits per heavy atom. The van der Waals surface area contributed by atoms with Gasteiger partial charge in [-0.05, 0) is 31.2 Å². The number of halogens is 1. The number of rotatable bonds is 3. The average molecular weight is 235 g/mol. The van der Waals surface area contributed by atoms with E-state index in [0.29, 0.717) is 35.9 Å². The lowest BCUT2D eigenvalue weighted by atomic mass is 10.2. The molecule has 0 saturated heterocycles. The second kappa shape index (κ2) is 4.42. The first-order valence-corrected chi connectivity index (χ1v) is 5.22. The van der Waals surface area contributed by atoms with Crippen molar-refractivity contribution in [2.75, 3.05) is 18.0 Å². The molecule has 0 saturated carbocycles. The first kappa shape index (κ1) is 11.4. The third kappa shape index (κ3) is 2.07. The van der Waals surface area contributed by atoms with Gasteiger partial charge in [0.1, 0.15) is 11.6 Å². The summed E-state index contributed by atoms with van der Waals surface area (Å²) in [5.74, 6) is 0.382. The summed E-state index contributed by atoms with van der Waals surface area (Å²) in [6, 6.07) is 5.99. The van der Waals surface area contributed by atoms with Crippen LogP contribution in [0.15, 0.2) is 24.3 Å². The minimum Gasteiger partial charge on any atom is -0.383 e. The predicted molar refractivity (Wildman–Crippen MR) is 65.1 cm³/mol. The zero-order valence-electron chi connectivity index (χ0n) is 9.23. The van der Waals surface area contributed by atoms with E-state index in [-0.39, 0.29) is 5.82 Å². The first-order chi connectivity index (χ1) is 8.13. The number of hydrogen-bond donors (Lipinski definition) is 3. The van der Waals surface area contributed by atoms with Gasteiger partial charge in [-0.2, -0.15) is 0 Å². The second-order valence-corrected chi connectivity index (χ2v) is 3.68. The Bertz CT molecular complexity index is 535. The molecular weight excluding hydrogens is 221 g/mol. The predicted octanol–water partition coefficient (Wildman–Crippen LogP) is 0.677. The van der Waals surface area contributed by atoms with Gasteiger partial charge in [0.05, 0.1) is 5.69 Å². The van der Waals surface area contributed by atoms with E-state index < -0.39 is 0 Å². The average Bonchev–Trinajstić information content (AvgIpc) is 2.57. The van der Waals surface area contributed by atoms with Gasteiger partial charge < -0.3 is 17.2 Å². The Morgan fingerprint density at radius 3 is 2.71 bits per heavy atom. The molecule has 0 aliphatic rings. The van der Waals surface area contributed by atoms with Gasteiger partial charge >= 0.3 is 0 Å². The van der Waals surface area contributed by atoms with Gasteiger partial charge in [0.15, 0.2) is 5.82 Å². The lowest BCUT2D eigenvalue weighted by molar-refractivity contribution is 0.625. The van der Waals surface area contributed by atoms with Crippen molar-refractivity contribution in [2.24, 2.45) is 5.73 Å². The van der Waals surface area contributed by atoms with Crippen molar-refractivity contribution >= 4 is 11.6 Å². The summed E-state index contributed by atoms with van der Waals surface area (Å²) in [6.45, 7) is 0.434. The van der Waals surface area contributed by atoms with E-state index in [1.807, 2.05) is 0 Å². The van der Waals surface area contributed by atoms with Crippen LogP contribution in [0.4, 0.5) is 16.0 Å². The van der Waals surface area contributed by atoms with Crippen molar-refractivity contribution in [1.29, 1.82) is 0 Å². The highest BCUT2D eigenvalue weighted by Gasteiger charge is 2.13. The van der Waals surface area contributed by atoms with Crippen LogP contribution in [0.1, 0.15) is 5.56 Å². The maximum absolute atomic E-state index is 13.1. The summed E-state index contributed by atoms with van der Waals surface area (Å²) in [4.78, 5) is 0. The fourth-order valence-corrected chi connectivity index (χ4v) is 1.69. The quantitative estimate of drug-likeness (QED) is 0.728. The lowest BCUT2D eigenvalue weighted by Gasteiger charge is -2.04. The largest absolute Gasteiger partial charge is 0.383 e. The molecule has 1 heterocycles. The second-order valence-electron chi connectivity index (χ2n) is 3.68. The molecule has 1 aromatic carbocycles. The highest BCUT2D eigenvalue weighted by atomic mass is 19.1. The molecule has 6 N–H and O–H groups in total. The normalized spacial score (nSPS) is 10.7. The van der Waals surface area contributed by atoms with Crippen molar-refractivity contribution in [1.82, 2.24) is 9.78 Å². The van der Waals surface area contributed by atoms with Crippen LogP contribution in [-0.4, -0.2) is 16.3 Å². The number of nitrogens with two attached hydrogens (primary N) is 3.